The first-order chi connectivity index (χ1) is 9.75. The van der Waals surface area contributed by atoms with Crippen LogP contribution in [0.25, 0.3) is 0 Å². The molecule has 0 amide bonds. The molecule has 0 fully saturated rings. The molecule has 0 unspecified atom stereocenters. The Morgan fingerprint density at radius 1 is 1.38 bits per heavy atom. The Labute approximate surface area is 126 Å². The van der Waals surface area contributed by atoms with Crippen molar-refractivity contribution in [1.82, 2.24) is 9.78 Å². The molecule has 0 aliphatic carbocycles. The predicted molar refractivity (Wildman–Crippen MR) is 76.8 cm³/mol. The lowest BCUT2D eigenvalue weighted by molar-refractivity contribution is 0.383. The molecular formula is C13H14ClFN2O3S. The maximum atomic E-state index is 14.1. The van der Waals surface area contributed by atoms with Gasteiger partial charge in [-0.1, -0.05) is 12.1 Å². The topological polar surface area (TPSA) is 61.2 Å². The van der Waals surface area contributed by atoms with E-state index in [1.165, 1.54) is 17.9 Å². The van der Waals surface area contributed by atoms with E-state index in [1.54, 1.807) is 26.0 Å². The summed E-state index contributed by atoms with van der Waals surface area (Å²) < 4.78 is 43.5. The number of aromatic nitrogens is 2. The monoisotopic (exact) mass is 332 g/mol. The summed E-state index contributed by atoms with van der Waals surface area (Å²) in [6.45, 7) is 3.20. The molecule has 1 heterocycles. The van der Waals surface area contributed by atoms with Crippen molar-refractivity contribution >= 4 is 19.7 Å². The Hall–Kier alpha value is -1.60. The van der Waals surface area contributed by atoms with Crippen LogP contribution in [0.3, 0.4) is 0 Å². The van der Waals surface area contributed by atoms with Gasteiger partial charge in [-0.05, 0) is 19.9 Å². The zero-order valence-electron chi connectivity index (χ0n) is 11.7. The van der Waals surface area contributed by atoms with Gasteiger partial charge in [-0.25, -0.2) is 12.8 Å². The number of hydrogen-bond donors (Lipinski definition) is 0. The van der Waals surface area contributed by atoms with Gasteiger partial charge in [0.25, 0.3) is 9.05 Å². The largest absolute Gasteiger partial charge is 0.494 e. The van der Waals surface area contributed by atoms with Gasteiger partial charge in [0.05, 0.1) is 25.0 Å². The summed E-state index contributed by atoms with van der Waals surface area (Å²) in [5.74, 6) is -0.373. The molecular weight excluding hydrogens is 319 g/mol. The van der Waals surface area contributed by atoms with Gasteiger partial charge in [0.1, 0.15) is 4.90 Å². The van der Waals surface area contributed by atoms with Crippen LogP contribution in [0, 0.1) is 19.7 Å². The minimum absolute atomic E-state index is 0.0347. The highest BCUT2D eigenvalue weighted by atomic mass is 35.7. The van der Waals surface area contributed by atoms with E-state index in [1.807, 2.05) is 0 Å². The molecule has 0 atom stereocenters. The van der Waals surface area contributed by atoms with E-state index >= 15 is 0 Å². The first-order valence-corrected chi connectivity index (χ1v) is 8.36. The molecule has 2 aromatic rings. The number of aryl methyl sites for hydroxylation is 1. The van der Waals surface area contributed by atoms with Gasteiger partial charge in [-0.15, -0.1) is 0 Å². The third-order valence-corrected chi connectivity index (χ3v) is 4.68. The van der Waals surface area contributed by atoms with E-state index < -0.39 is 14.9 Å². The number of hydrogen-bond acceptors (Lipinski definition) is 4. The van der Waals surface area contributed by atoms with Crippen LogP contribution in [0.2, 0.25) is 0 Å². The summed E-state index contributed by atoms with van der Waals surface area (Å²) in [5, 5.41) is 4.11. The third-order valence-electron chi connectivity index (χ3n) is 3.14. The lowest BCUT2D eigenvalue weighted by atomic mass is 10.2. The fourth-order valence-electron chi connectivity index (χ4n) is 2.18. The zero-order chi connectivity index (χ0) is 15.8. The van der Waals surface area contributed by atoms with Crippen molar-refractivity contribution in [3.63, 3.8) is 0 Å². The van der Waals surface area contributed by atoms with Gasteiger partial charge in [-0.3, -0.25) is 4.68 Å². The van der Waals surface area contributed by atoms with Crippen molar-refractivity contribution in [2.45, 2.75) is 25.3 Å². The molecule has 0 aliphatic rings. The highest BCUT2D eigenvalue weighted by Crippen LogP contribution is 2.25. The van der Waals surface area contributed by atoms with E-state index in [-0.39, 0.29) is 22.9 Å². The molecule has 114 valence electrons. The molecule has 0 saturated heterocycles. The fourth-order valence-corrected chi connectivity index (χ4v) is 3.71. The van der Waals surface area contributed by atoms with Crippen molar-refractivity contribution in [3.05, 3.63) is 41.0 Å². The second-order valence-corrected chi connectivity index (χ2v) is 7.03. The fraction of sp³-hybridized carbons (Fsp3) is 0.308. The quantitative estimate of drug-likeness (QED) is 0.807. The van der Waals surface area contributed by atoms with Crippen molar-refractivity contribution in [1.29, 1.82) is 0 Å². The first-order valence-electron chi connectivity index (χ1n) is 6.05. The Kier molecular flexibility index (Phi) is 4.25. The van der Waals surface area contributed by atoms with Crippen LogP contribution >= 0.6 is 10.7 Å². The summed E-state index contributed by atoms with van der Waals surface area (Å²) >= 11 is 0. The minimum Gasteiger partial charge on any atom is -0.494 e. The van der Waals surface area contributed by atoms with E-state index in [4.69, 9.17) is 15.4 Å². The number of halogens is 2. The second-order valence-electron chi connectivity index (χ2n) is 4.53. The number of nitrogens with zero attached hydrogens (tertiary/aromatic N) is 2. The van der Waals surface area contributed by atoms with Gasteiger partial charge >= 0.3 is 0 Å². The van der Waals surface area contributed by atoms with Gasteiger partial charge in [0.2, 0.25) is 0 Å². The lowest BCUT2D eigenvalue weighted by Gasteiger charge is -2.09. The molecule has 0 bridgehead atoms. The molecule has 21 heavy (non-hydrogen) atoms. The number of benzene rings is 1. The summed E-state index contributed by atoms with van der Waals surface area (Å²) in [6.07, 6.45) is 0. The van der Waals surface area contributed by atoms with Crippen LogP contribution in [-0.4, -0.2) is 25.3 Å². The normalized spacial score (nSPS) is 11.7. The van der Waals surface area contributed by atoms with Crippen molar-refractivity contribution in [2.75, 3.05) is 7.11 Å². The van der Waals surface area contributed by atoms with Crippen LogP contribution in [0.15, 0.2) is 23.1 Å². The van der Waals surface area contributed by atoms with Crippen LogP contribution in [0.5, 0.6) is 5.75 Å². The smallest absolute Gasteiger partial charge is 0.264 e. The molecule has 0 aliphatic heterocycles. The van der Waals surface area contributed by atoms with Crippen molar-refractivity contribution in [2.24, 2.45) is 0 Å². The van der Waals surface area contributed by atoms with Crippen LogP contribution in [0.1, 0.15) is 17.0 Å². The Balaban J connectivity index is 2.47. The van der Waals surface area contributed by atoms with E-state index in [2.05, 4.69) is 5.10 Å². The Morgan fingerprint density at radius 2 is 2.05 bits per heavy atom. The molecule has 0 radical (unpaired) electrons. The molecule has 0 spiro atoms. The van der Waals surface area contributed by atoms with Gasteiger partial charge in [-0.2, -0.15) is 5.10 Å². The number of ether oxygens (including phenoxy) is 1. The highest BCUT2D eigenvalue weighted by Gasteiger charge is 2.23. The SMILES string of the molecule is COc1cccc(Cn2nc(C)c(S(=O)(=O)Cl)c2C)c1F. The molecule has 2 rings (SSSR count). The summed E-state index contributed by atoms with van der Waals surface area (Å²) in [6, 6.07) is 4.75. The van der Waals surface area contributed by atoms with Crippen molar-refractivity contribution < 1.29 is 17.5 Å². The maximum Gasteiger partial charge on any atom is 0.264 e. The lowest BCUT2D eigenvalue weighted by Crippen LogP contribution is -2.07. The Morgan fingerprint density at radius 3 is 2.57 bits per heavy atom. The first kappa shape index (κ1) is 15.8. The van der Waals surface area contributed by atoms with Crippen LogP contribution in [-0.2, 0) is 15.6 Å². The minimum atomic E-state index is -3.89. The van der Waals surface area contributed by atoms with E-state index in [0.29, 0.717) is 11.3 Å². The van der Waals surface area contributed by atoms with E-state index in [0.717, 1.165) is 0 Å². The number of methoxy groups -OCH3 is 1. The van der Waals surface area contributed by atoms with E-state index in [9.17, 15) is 12.8 Å². The molecule has 1 aromatic carbocycles. The standard InChI is InChI=1S/C13H14ClFN2O3S/c1-8-13(21(14,18)19)9(2)17(16-8)7-10-5-4-6-11(20-3)12(10)15/h4-6H,7H2,1-3H3. The zero-order valence-corrected chi connectivity index (χ0v) is 13.3. The second kappa shape index (κ2) is 5.65. The van der Waals surface area contributed by atoms with Gasteiger partial charge in [0.15, 0.2) is 11.6 Å². The predicted octanol–water partition coefficient (Wildman–Crippen LogP) is 2.62. The van der Waals surface area contributed by atoms with Crippen molar-refractivity contribution in [3.8, 4) is 5.75 Å². The van der Waals surface area contributed by atoms with Crippen LogP contribution in [0.4, 0.5) is 4.39 Å². The third kappa shape index (κ3) is 3.03. The number of rotatable bonds is 4. The molecule has 0 saturated carbocycles. The molecule has 8 heteroatoms. The summed E-state index contributed by atoms with van der Waals surface area (Å²) in [4.78, 5) is -0.0347. The molecule has 0 N–H and O–H groups in total. The van der Waals surface area contributed by atoms with Gasteiger partial charge < -0.3 is 4.74 Å². The summed E-state index contributed by atoms with van der Waals surface area (Å²) in [7, 11) is 2.88. The van der Waals surface area contributed by atoms with Crippen LogP contribution < -0.4 is 4.74 Å². The highest BCUT2D eigenvalue weighted by molar-refractivity contribution is 8.13. The van der Waals surface area contributed by atoms with Gasteiger partial charge in [0, 0.05) is 16.2 Å². The Bertz CT molecular complexity index is 787. The molecule has 1 aromatic heterocycles. The maximum absolute atomic E-state index is 14.1. The summed E-state index contributed by atoms with van der Waals surface area (Å²) in [5.41, 5.74) is 0.994. The average Bonchev–Trinajstić information content (AvgIpc) is 2.66. The average molecular weight is 333 g/mol. The molecule has 5 nitrogen and oxygen atoms in total.